The summed E-state index contributed by atoms with van der Waals surface area (Å²) in [5, 5.41) is 22.3. The first-order chi connectivity index (χ1) is 13.2. The van der Waals surface area contributed by atoms with E-state index in [1.807, 2.05) is 0 Å². The number of ether oxygens (including phenoxy) is 1. The highest BCUT2D eigenvalue weighted by Gasteiger charge is 2.63. The van der Waals surface area contributed by atoms with Gasteiger partial charge in [0.05, 0.1) is 12.2 Å². The SMILES string of the molecule is C[C@]12C[C@@H](O)[C@H]3[C@@H](C[C@@H](O)C4=CC(=O)CC[C@@]43C)[C@@H]1CC[C@@H]2C1=CC(=O)OC1. The molecule has 4 aliphatic carbocycles. The second-order valence-electron chi connectivity index (χ2n) is 10.3. The van der Waals surface area contributed by atoms with E-state index in [4.69, 9.17) is 4.74 Å². The highest BCUT2D eigenvalue weighted by Crippen LogP contribution is 2.67. The Morgan fingerprint density at radius 2 is 1.93 bits per heavy atom. The van der Waals surface area contributed by atoms with Crippen molar-refractivity contribution in [3.63, 3.8) is 0 Å². The summed E-state index contributed by atoms with van der Waals surface area (Å²) in [5.74, 6) is 0.838. The van der Waals surface area contributed by atoms with Gasteiger partial charge in [0, 0.05) is 12.5 Å². The molecule has 5 nitrogen and oxygen atoms in total. The molecule has 3 fully saturated rings. The second-order valence-corrected chi connectivity index (χ2v) is 10.3. The lowest BCUT2D eigenvalue weighted by atomic mass is 9.45. The summed E-state index contributed by atoms with van der Waals surface area (Å²) in [5.41, 5.74) is 1.54. The summed E-state index contributed by atoms with van der Waals surface area (Å²) < 4.78 is 5.18. The molecule has 0 unspecified atom stereocenters. The highest BCUT2D eigenvalue weighted by atomic mass is 16.5. The number of carbonyl (C=O) groups excluding carboxylic acids is 2. The van der Waals surface area contributed by atoms with Gasteiger partial charge in [0.2, 0.25) is 0 Å². The summed E-state index contributed by atoms with van der Waals surface area (Å²) >= 11 is 0. The van der Waals surface area contributed by atoms with Crippen LogP contribution in [0.25, 0.3) is 0 Å². The van der Waals surface area contributed by atoms with E-state index < -0.39 is 12.2 Å². The van der Waals surface area contributed by atoms with Crippen LogP contribution in [0.4, 0.5) is 0 Å². The Balaban J connectivity index is 1.52. The molecule has 0 amide bonds. The highest BCUT2D eigenvalue weighted by molar-refractivity contribution is 5.92. The molecule has 1 heterocycles. The third-order valence-electron chi connectivity index (χ3n) is 9.04. The van der Waals surface area contributed by atoms with Crippen molar-refractivity contribution < 1.29 is 24.5 Å². The van der Waals surface area contributed by atoms with Gasteiger partial charge < -0.3 is 14.9 Å². The van der Waals surface area contributed by atoms with Gasteiger partial charge in [-0.15, -0.1) is 0 Å². The molecule has 0 saturated heterocycles. The van der Waals surface area contributed by atoms with Crippen LogP contribution in [-0.4, -0.2) is 40.8 Å². The minimum Gasteiger partial charge on any atom is -0.458 e. The van der Waals surface area contributed by atoms with Crippen molar-refractivity contribution >= 4 is 11.8 Å². The van der Waals surface area contributed by atoms with E-state index in [0.29, 0.717) is 38.2 Å². The quantitative estimate of drug-likeness (QED) is 0.677. The van der Waals surface area contributed by atoms with Gasteiger partial charge in [0.15, 0.2) is 5.78 Å². The Hall–Kier alpha value is -1.46. The fourth-order valence-corrected chi connectivity index (χ4v) is 7.94. The molecule has 0 aromatic heterocycles. The molecule has 0 aromatic carbocycles. The minimum atomic E-state index is -0.597. The van der Waals surface area contributed by atoms with E-state index >= 15 is 0 Å². The molecule has 5 aliphatic rings. The Morgan fingerprint density at radius 3 is 2.64 bits per heavy atom. The number of rotatable bonds is 1. The lowest BCUT2D eigenvalue weighted by Gasteiger charge is -2.60. The monoisotopic (exact) mass is 386 g/mol. The van der Waals surface area contributed by atoms with Crippen LogP contribution in [-0.2, 0) is 14.3 Å². The molecule has 5 rings (SSSR count). The van der Waals surface area contributed by atoms with Crippen molar-refractivity contribution in [2.24, 2.45) is 34.5 Å². The molecular weight excluding hydrogens is 356 g/mol. The Bertz CT molecular complexity index is 797. The van der Waals surface area contributed by atoms with Gasteiger partial charge >= 0.3 is 5.97 Å². The van der Waals surface area contributed by atoms with E-state index in [9.17, 15) is 19.8 Å². The first-order valence-electron chi connectivity index (χ1n) is 10.7. The van der Waals surface area contributed by atoms with Gasteiger partial charge in [-0.3, -0.25) is 4.79 Å². The molecular formula is C23H30O5. The predicted molar refractivity (Wildman–Crippen MR) is 102 cm³/mol. The molecule has 8 atom stereocenters. The largest absolute Gasteiger partial charge is 0.458 e. The lowest BCUT2D eigenvalue weighted by Crippen LogP contribution is -2.59. The Morgan fingerprint density at radius 1 is 1.14 bits per heavy atom. The smallest absolute Gasteiger partial charge is 0.331 e. The number of aliphatic hydroxyl groups is 2. The molecule has 2 N–H and O–H groups in total. The number of aliphatic hydroxyl groups excluding tert-OH is 2. The number of cyclic esters (lactones) is 1. The molecule has 0 aromatic rings. The van der Waals surface area contributed by atoms with Crippen molar-refractivity contribution in [3.05, 3.63) is 23.3 Å². The number of esters is 1. The molecule has 0 spiro atoms. The summed E-state index contributed by atoms with van der Waals surface area (Å²) in [6, 6.07) is 0. The van der Waals surface area contributed by atoms with Gasteiger partial charge in [-0.25, -0.2) is 4.79 Å². The summed E-state index contributed by atoms with van der Waals surface area (Å²) in [7, 11) is 0. The van der Waals surface area contributed by atoms with E-state index in [2.05, 4.69) is 13.8 Å². The van der Waals surface area contributed by atoms with Crippen LogP contribution in [0.5, 0.6) is 0 Å². The summed E-state index contributed by atoms with van der Waals surface area (Å²) in [6.45, 7) is 4.80. The van der Waals surface area contributed by atoms with Crippen LogP contribution in [0.1, 0.15) is 52.4 Å². The summed E-state index contributed by atoms with van der Waals surface area (Å²) in [6.07, 6.45) is 6.87. The van der Waals surface area contributed by atoms with Crippen molar-refractivity contribution in [2.45, 2.75) is 64.6 Å². The van der Waals surface area contributed by atoms with Crippen LogP contribution < -0.4 is 0 Å². The van der Waals surface area contributed by atoms with Gasteiger partial charge in [0.25, 0.3) is 0 Å². The fraction of sp³-hybridized carbons (Fsp3) is 0.739. The Kier molecular flexibility index (Phi) is 3.99. The van der Waals surface area contributed by atoms with Crippen molar-refractivity contribution in [1.29, 1.82) is 0 Å². The molecule has 0 radical (unpaired) electrons. The standard InChI is InChI=1S/C23H30O5/c1-22-6-5-13(24)8-17(22)18(25)9-14-16-4-3-15(12-7-20(27)28-11-12)23(16,2)10-19(26)21(14)22/h7-8,14-16,18-19,21,25-26H,3-6,9-11H2,1-2H3/t14-,15+,16-,18+,19+,21+,22-,23+/m0/s1. The zero-order chi connectivity index (χ0) is 19.8. The number of ketones is 1. The molecule has 3 saturated carbocycles. The maximum atomic E-state index is 12.0. The number of hydrogen-bond acceptors (Lipinski definition) is 5. The average molecular weight is 386 g/mol. The van der Waals surface area contributed by atoms with Gasteiger partial charge in [-0.1, -0.05) is 13.8 Å². The number of fused-ring (bicyclic) bond motifs is 5. The first kappa shape index (κ1) is 18.6. The zero-order valence-electron chi connectivity index (χ0n) is 16.7. The first-order valence-corrected chi connectivity index (χ1v) is 10.7. The van der Waals surface area contributed by atoms with Gasteiger partial charge in [-0.05, 0) is 83.8 Å². The zero-order valence-corrected chi connectivity index (χ0v) is 16.7. The van der Waals surface area contributed by atoms with E-state index in [1.165, 1.54) is 0 Å². The molecule has 5 heteroatoms. The minimum absolute atomic E-state index is 0.0812. The van der Waals surface area contributed by atoms with Crippen molar-refractivity contribution in [3.8, 4) is 0 Å². The maximum Gasteiger partial charge on any atom is 0.331 e. The van der Waals surface area contributed by atoms with E-state index in [0.717, 1.165) is 24.0 Å². The van der Waals surface area contributed by atoms with Crippen molar-refractivity contribution in [2.75, 3.05) is 6.61 Å². The maximum absolute atomic E-state index is 12.0. The molecule has 152 valence electrons. The predicted octanol–water partition coefficient (Wildman–Crippen LogP) is 2.56. The van der Waals surface area contributed by atoms with Crippen LogP contribution >= 0.6 is 0 Å². The number of carbonyl (C=O) groups is 2. The van der Waals surface area contributed by atoms with Crippen molar-refractivity contribution in [1.82, 2.24) is 0 Å². The van der Waals surface area contributed by atoms with Crippen LogP contribution in [0, 0.1) is 34.5 Å². The normalized spacial score (nSPS) is 50.3. The second kappa shape index (κ2) is 6.02. The topological polar surface area (TPSA) is 83.8 Å². The summed E-state index contributed by atoms with van der Waals surface area (Å²) in [4.78, 5) is 23.6. The third kappa shape index (κ3) is 2.38. The Labute approximate surface area is 165 Å². The van der Waals surface area contributed by atoms with E-state index in [1.54, 1.807) is 12.2 Å². The molecule has 1 aliphatic heterocycles. The van der Waals surface area contributed by atoms with Crippen LogP contribution in [0.2, 0.25) is 0 Å². The van der Waals surface area contributed by atoms with Gasteiger partial charge in [-0.2, -0.15) is 0 Å². The van der Waals surface area contributed by atoms with Crippen LogP contribution in [0.3, 0.4) is 0 Å². The molecule has 28 heavy (non-hydrogen) atoms. The van der Waals surface area contributed by atoms with Gasteiger partial charge in [0.1, 0.15) is 6.61 Å². The van der Waals surface area contributed by atoms with E-state index in [-0.39, 0.29) is 40.3 Å². The number of hydrogen-bond donors (Lipinski definition) is 2. The lowest BCUT2D eigenvalue weighted by molar-refractivity contribution is -0.144. The molecule has 0 bridgehead atoms. The third-order valence-corrected chi connectivity index (χ3v) is 9.04. The van der Waals surface area contributed by atoms with Crippen LogP contribution in [0.15, 0.2) is 23.3 Å². The average Bonchev–Trinajstić information content (AvgIpc) is 3.18. The fourth-order valence-electron chi connectivity index (χ4n) is 7.94.